The van der Waals surface area contributed by atoms with Crippen molar-refractivity contribution < 1.29 is 27.1 Å². The molecular formula is C17H12F4N2O2. The molecule has 0 radical (unpaired) electrons. The molecule has 0 saturated carbocycles. The number of nitrogens with one attached hydrogen (secondary N) is 1. The number of carbonyl (C=O) groups is 1. The number of halogens is 4. The summed E-state index contributed by atoms with van der Waals surface area (Å²) in [7, 11) is 0. The molecule has 2 aromatic rings. The van der Waals surface area contributed by atoms with Gasteiger partial charge in [0.2, 0.25) is 0 Å². The second kappa shape index (κ2) is 7.21. The van der Waals surface area contributed by atoms with Crippen LogP contribution >= 0.6 is 0 Å². The highest BCUT2D eigenvalue weighted by molar-refractivity contribution is 5.96. The Balaban J connectivity index is 2.12. The van der Waals surface area contributed by atoms with Crippen molar-refractivity contribution in [1.29, 1.82) is 5.26 Å². The Morgan fingerprint density at radius 2 is 1.84 bits per heavy atom. The van der Waals surface area contributed by atoms with Crippen LogP contribution in [0.4, 0.5) is 17.6 Å². The molecule has 0 spiro atoms. The standard InChI is InChI=1S/C17H12F4N2O2/c1-10-13(16(24)23-9-22)6-7-14(15(10)18)25-8-11-2-4-12(5-3-11)17(19,20)21/h2-7H,8H2,1H3,(H,23,24). The summed E-state index contributed by atoms with van der Waals surface area (Å²) in [6.45, 7) is 1.21. The zero-order valence-corrected chi connectivity index (χ0v) is 12.9. The van der Waals surface area contributed by atoms with Gasteiger partial charge in [0.15, 0.2) is 17.8 Å². The van der Waals surface area contributed by atoms with Crippen LogP contribution in [0.5, 0.6) is 5.75 Å². The summed E-state index contributed by atoms with van der Waals surface area (Å²) in [6.07, 6.45) is -2.97. The summed E-state index contributed by atoms with van der Waals surface area (Å²) in [4.78, 5) is 11.6. The maximum absolute atomic E-state index is 14.2. The number of nitrogens with zero attached hydrogens (tertiary/aromatic N) is 1. The van der Waals surface area contributed by atoms with Crippen LogP contribution in [0.15, 0.2) is 36.4 Å². The molecule has 8 heteroatoms. The number of hydrogen-bond donors (Lipinski definition) is 1. The van der Waals surface area contributed by atoms with Crippen LogP contribution < -0.4 is 10.1 Å². The second-order valence-corrected chi connectivity index (χ2v) is 5.10. The fourth-order valence-corrected chi connectivity index (χ4v) is 2.09. The summed E-state index contributed by atoms with van der Waals surface area (Å²) in [5.74, 6) is -1.67. The van der Waals surface area contributed by atoms with E-state index in [1.54, 1.807) is 0 Å². The molecule has 0 unspecified atom stereocenters. The lowest BCUT2D eigenvalue weighted by molar-refractivity contribution is -0.137. The van der Waals surface area contributed by atoms with Crippen molar-refractivity contribution in [2.45, 2.75) is 19.7 Å². The van der Waals surface area contributed by atoms with Crippen molar-refractivity contribution in [3.63, 3.8) is 0 Å². The van der Waals surface area contributed by atoms with Gasteiger partial charge in [-0.3, -0.25) is 10.1 Å². The van der Waals surface area contributed by atoms with Crippen molar-refractivity contribution in [3.8, 4) is 11.9 Å². The van der Waals surface area contributed by atoms with Crippen LogP contribution in [0, 0.1) is 24.2 Å². The topological polar surface area (TPSA) is 62.1 Å². The van der Waals surface area contributed by atoms with Gasteiger partial charge in [0, 0.05) is 11.1 Å². The van der Waals surface area contributed by atoms with Gasteiger partial charge in [0.1, 0.15) is 6.61 Å². The molecule has 1 N–H and O–H groups in total. The fraction of sp³-hybridized carbons (Fsp3) is 0.176. The van der Waals surface area contributed by atoms with E-state index in [1.165, 1.54) is 37.4 Å². The number of benzene rings is 2. The number of amides is 1. The summed E-state index contributed by atoms with van der Waals surface area (Å²) >= 11 is 0. The van der Waals surface area contributed by atoms with E-state index in [4.69, 9.17) is 10.00 Å². The Hall–Kier alpha value is -3.08. The lowest BCUT2D eigenvalue weighted by Crippen LogP contribution is -2.19. The molecule has 2 aromatic carbocycles. The summed E-state index contributed by atoms with van der Waals surface area (Å²) < 4.78 is 57.0. The number of ether oxygens (including phenoxy) is 1. The SMILES string of the molecule is Cc1c(C(=O)NC#N)ccc(OCc2ccc(C(F)(F)F)cc2)c1F. The molecule has 0 aliphatic carbocycles. The number of nitriles is 1. The number of carbonyl (C=O) groups excluding carboxylic acids is 1. The van der Waals surface area contributed by atoms with Gasteiger partial charge in [-0.15, -0.1) is 0 Å². The lowest BCUT2D eigenvalue weighted by Gasteiger charge is -2.12. The molecule has 0 aliphatic rings. The second-order valence-electron chi connectivity index (χ2n) is 5.10. The van der Waals surface area contributed by atoms with Crippen molar-refractivity contribution in [2.24, 2.45) is 0 Å². The molecule has 0 saturated heterocycles. The van der Waals surface area contributed by atoms with E-state index in [9.17, 15) is 22.4 Å². The molecule has 1 amide bonds. The van der Waals surface area contributed by atoms with E-state index in [-0.39, 0.29) is 23.5 Å². The maximum atomic E-state index is 14.2. The monoisotopic (exact) mass is 352 g/mol. The molecule has 0 bridgehead atoms. The van der Waals surface area contributed by atoms with Crippen LogP contribution in [0.25, 0.3) is 0 Å². The maximum Gasteiger partial charge on any atom is 0.416 e. The van der Waals surface area contributed by atoms with Gasteiger partial charge in [-0.05, 0) is 36.8 Å². The normalized spacial score (nSPS) is 10.9. The summed E-state index contributed by atoms with van der Waals surface area (Å²) in [6, 6.07) is 6.82. The Labute approximate surface area is 140 Å². The van der Waals surface area contributed by atoms with Gasteiger partial charge in [0.25, 0.3) is 5.91 Å². The fourth-order valence-electron chi connectivity index (χ4n) is 2.09. The van der Waals surface area contributed by atoms with E-state index in [1.807, 2.05) is 5.32 Å². The summed E-state index contributed by atoms with van der Waals surface area (Å²) in [5.41, 5.74) is -0.374. The molecular weight excluding hydrogens is 340 g/mol. The Morgan fingerprint density at radius 3 is 2.40 bits per heavy atom. The predicted octanol–water partition coefficient (Wildman–Crippen LogP) is 3.94. The summed E-state index contributed by atoms with van der Waals surface area (Å²) in [5, 5.41) is 10.3. The third-order valence-corrected chi connectivity index (χ3v) is 3.44. The minimum absolute atomic E-state index is 0.00216. The van der Waals surface area contributed by atoms with Gasteiger partial charge in [-0.1, -0.05) is 12.1 Å². The molecule has 0 atom stereocenters. The first-order valence-electron chi connectivity index (χ1n) is 7.01. The van der Waals surface area contributed by atoms with Gasteiger partial charge >= 0.3 is 6.18 Å². The minimum atomic E-state index is -4.43. The average molecular weight is 352 g/mol. The quantitative estimate of drug-likeness (QED) is 0.515. The highest BCUT2D eigenvalue weighted by Gasteiger charge is 2.29. The first-order valence-corrected chi connectivity index (χ1v) is 7.01. The highest BCUT2D eigenvalue weighted by atomic mass is 19.4. The van der Waals surface area contributed by atoms with Crippen LogP contribution in [0.1, 0.15) is 27.0 Å². The molecule has 25 heavy (non-hydrogen) atoms. The number of alkyl halides is 3. The Kier molecular flexibility index (Phi) is 5.27. The van der Waals surface area contributed by atoms with Gasteiger partial charge in [-0.25, -0.2) is 4.39 Å². The number of hydrogen-bond acceptors (Lipinski definition) is 3. The Morgan fingerprint density at radius 1 is 1.20 bits per heavy atom. The zero-order chi connectivity index (χ0) is 18.6. The van der Waals surface area contributed by atoms with Crippen LogP contribution in [-0.2, 0) is 12.8 Å². The third kappa shape index (κ3) is 4.26. The minimum Gasteiger partial charge on any atom is -0.486 e. The van der Waals surface area contributed by atoms with Crippen LogP contribution in [0.3, 0.4) is 0 Å². The zero-order valence-electron chi connectivity index (χ0n) is 12.9. The van der Waals surface area contributed by atoms with Gasteiger partial charge in [0.05, 0.1) is 5.56 Å². The van der Waals surface area contributed by atoms with E-state index in [0.717, 1.165) is 12.1 Å². The number of rotatable bonds is 4. The van der Waals surface area contributed by atoms with Crippen LogP contribution in [0.2, 0.25) is 0 Å². The van der Waals surface area contributed by atoms with Crippen molar-refractivity contribution in [3.05, 3.63) is 64.5 Å². The first kappa shape index (κ1) is 18.3. The largest absolute Gasteiger partial charge is 0.486 e. The molecule has 0 fully saturated rings. The molecule has 0 aromatic heterocycles. The molecule has 0 aliphatic heterocycles. The van der Waals surface area contributed by atoms with E-state index >= 15 is 0 Å². The van der Waals surface area contributed by atoms with E-state index < -0.39 is 23.5 Å². The van der Waals surface area contributed by atoms with E-state index in [2.05, 4.69) is 0 Å². The Bertz CT molecular complexity index is 824. The van der Waals surface area contributed by atoms with Gasteiger partial charge < -0.3 is 4.74 Å². The van der Waals surface area contributed by atoms with Gasteiger partial charge in [-0.2, -0.15) is 18.4 Å². The molecule has 0 heterocycles. The van der Waals surface area contributed by atoms with E-state index in [0.29, 0.717) is 5.56 Å². The van der Waals surface area contributed by atoms with Crippen molar-refractivity contribution in [1.82, 2.24) is 5.32 Å². The lowest BCUT2D eigenvalue weighted by atomic mass is 10.1. The van der Waals surface area contributed by atoms with Crippen molar-refractivity contribution in [2.75, 3.05) is 0 Å². The third-order valence-electron chi connectivity index (χ3n) is 3.44. The van der Waals surface area contributed by atoms with Crippen LogP contribution in [-0.4, -0.2) is 5.91 Å². The smallest absolute Gasteiger partial charge is 0.416 e. The molecule has 4 nitrogen and oxygen atoms in total. The predicted molar refractivity (Wildman–Crippen MR) is 80.0 cm³/mol. The van der Waals surface area contributed by atoms with Crippen molar-refractivity contribution >= 4 is 5.91 Å². The highest BCUT2D eigenvalue weighted by Crippen LogP contribution is 2.29. The molecule has 2 rings (SSSR count). The molecule has 130 valence electrons. The first-order chi connectivity index (χ1) is 11.7. The average Bonchev–Trinajstić information content (AvgIpc) is 2.56.